The van der Waals surface area contributed by atoms with Crippen LogP contribution in [-0.2, 0) is 11.3 Å². The van der Waals surface area contributed by atoms with Gasteiger partial charge in [-0.1, -0.05) is 13.8 Å². The summed E-state index contributed by atoms with van der Waals surface area (Å²) in [5.41, 5.74) is 0.685. The third-order valence-corrected chi connectivity index (χ3v) is 3.05. The maximum Gasteiger partial charge on any atom is 0.365 e. The van der Waals surface area contributed by atoms with Crippen molar-refractivity contribution in [2.75, 3.05) is 0 Å². The first-order valence-corrected chi connectivity index (χ1v) is 5.68. The molecule has 0 saturated carbocycles. The summed E-state index contributed by atoms with van der Waals surface area (Å²) in [7, 11) is 0. The lowest BCUT2D eigenvalue weighted by Crippen LogP contribution is -2.15. The van der Waals surface area contributed by atoms with Gasteiger partial charge in [-0.15, -0.1) is 11.3 Å². The lowest BCUT2D eigenvalue weighted by molar-refractivity contribution is 0.0220. The molecule has 84 valence electrons. The van der Waals surface area contributed by atoms with E-state index in [1.54, 1.807) is 5.38 Å². The summed E-state index contributed by atoms with van der Waals surface area (Å²) in [5, 5.41) is 10.5. The molecule has 15 heavy (non-hydrogen) atoms. The van der Waals surface area contributed by atoms with Crippen LogP contribution in [0.3, 0.4) is 0 Å². The molecule has 0 aromatic carbocycles. The smallest absolute Gasteiger partial charge is 0.365 e. The van der Waals surface area contributed by atoms with Crippen LogP contribution in [0.1, 0.15) is 36.3 Å². The zero-order chi connectivity index (χ0) is 11.4. The highest BCUT2D eigenvalue weighted by molar-refractivity contribution is 7.11. The van der Waals surface area contributed by atoms with Gasteiger partial charge in [-0.3, -0.25) is 0 Å². The molecule has 1 rings (SSSR count). The van der Waals surface area contributed by atoms with Gasteiger partial charge in [0.05, 0.1) is 18.4 Å². The van der Waals surface area contributed by atoms with Gasteiger partial charge in [-0.2, -0.15) is 0 Å². The molecule has 0 amide bonds. The van der Waals surface area contributed by atoms with Crippen LogP contribution in [-0.4, -0.2) is 22.2 Å². The molecule has 0 bridgehead atoms. The Morgan fingerprint density at radius 2 is 2.27 bits per heavy atom. The monoisotopic (exact) mass is 229 g/mol. The lowest BCUT2D eigenvalue weighted by Gasteiger charge is -2.15. The van der Waals surface area contributed by atoms with Crippen LogP contribution >= 0.6 is 11.3 Å². The Balaban J connectivity index is 2.48. The fourth-order valence-corrected chi connectivity index (χ4v) is 1.52. The maximum atomic E-state index is 10.6. The van der Waals surface area contributed by atoms with Gasteiger partial charge < -0.3 is 9.84 Å². The minimum absolute atomic E-state index is 0.116. The number of aromatic carboxylic acids is 1. The number of hydrogen-bond acceptors (Lipinski definition) is 4. The highest BCUT2D eigenvalue weighted by Gasteiger charge is 2.11. The van der Waals surface area contributed by atoms with Crippen molar-refractivity contribution in [3.05, 3.63) is 16.1 Å². The van der Waals surface area contributed by atoms with Crippen molar-refractivity contribution in [1.29, 1.82) is 0 Å². The second-order valence-electron chi connectivity index (χ2n) is 3.71. The zero-order valence-corrected chi connectivity index (χ0v) is 9.87. The number of carboxylic acids is 1. The lowest BCUT2D eigenvalue weighted by atomic mass is 10.1. The zero-order valence-electron chi connectivity index (χ0n) is 9.06. The first kappa shape index (κ1) is 12.1. The fourth-order valence-electron chi connectivity index (χ4n) is 0.881. The van der Waals surface area contributed by atoms with Crippen LogP contribution in [0.4, 0.5) is 0 Å². The summed E-state index contributed by atoms with van der Waals surface area (Å²) in [6.07, 6.45) is 0.153. The van der Waals surface area contributed by atoms with E-state index >= 15 is 0 Å². The SMILES string of the molecule is CC(C)C(C)OCc1csc(C(=O)O)n1. The first-order chi connectivity index (χ1) is 7.00. The van der Waals surface area contributed by atoms with Crippen molar-refractivity contribution in [3.8, 4) is 0 Å². The van der Waals surface area contributed by atoms with Gasteiger partial charge in [0.15, 0.2) is 0 Å². The molecule has 0 saturated heterocycles. The van der Waals surface area contributed by atoms with Gasteiger partial charge in [-0.25, -0.2) is 9.78 Å². The number of aromatic nitrogens is 1. The molecule has 1 aromatic rings. The molecule has 0 fully saturated rings. The van der Waals surface area contributed by atoms with Crippen LogP contribution in [0, 0.1) is 5.92 Å². The van der Waals surface area contributed by atoms with Crippen molar-refractivity contribution in [1.82, 2.24) is 4.98 Å². The van der Waals surface area contributed by atoms with Gasteiger partial charge in [0, 0.05) is 5.38 Å². The average molecular weight is 229 g/mol. The molecule has 1 N–H and O–H groups in total. The molecular weight excluding hydrogens is 214 g/mol. The molecule has 0 radical (unpaired) electrons. The van der Waals surface area contributed by atoms with E-state index in [0.29, 0.717) is 18.2 Å². The Hall–Kier alpha value is -0.940. The van der Waals surface area contributed by atoms with Gasteiger partial charge in [0.25, 0.3) is 0 Å². The molecule has 0 spiro atoms. The minimum Gasteiger partial charge on any atom is -0.476 e. The van der Waals surface area contributed by atoms with E-state index in [4.69, 9.17) is 9.84 Å². The highest BCUT2D eigenvalue weighted by Crippen LogP contribution is 2.13. The van der Waals surface area contributed by atoms with Crippen molar-refractivity contribution in [3.63, 3.8) is 0 Å². The number of carboxylic acid groups (broad SMARTS) is 1. The second kappa shape index (κ2) is 5.23. The summed E-state index contributed by atoms with van der Waals surface area (Å²) < 4.78 is 5.53. The predicted molar refractivity (Wildman–Crippen MR) is 58.2 cm³/mol. The van der Waals surface area contributed by atoms with Crippen molar-refractivity contribution in [2.24, 2.45) is 5.92 Å². The Bertz CT molecular complexity index is 335. The van der Waals surface area contributed by atoms with Crippen LogP contribution in [0.2, 0.25) is 0 Å². The molecule has 1 atom stereocenters. The summed E-state index contributed by atoms with van der Waals surface area (Å²) in [5.74, 6) is -0.536. The van der Waals surface area contributed by atoms with E-state index in [0.717, 1.165) is 11.3 Å². The summed E-state index contributed by atoms with van der Waals surface area (Å²) >= 11 is 1.13. The number of nitrogens with zero attached hydrogens (tertiary/aromatic N) is 1. The van der Waals surface area contributed by atoms with Gasteiger partial charge in [0.1, 0.15) is 0 Å². The van der Waals surface area contributed by atoms with Crippen LogP contribution in [0.5, 0.6) is 0 Å². The number of ether oxygens (including phenoxy) is 1. The van der Waals surface area contributed by atoms with Crippen LogP contribution in [0.15, 0.2) is 5.38 Å². The minimum atomic E-state index is -0.983. The standard InChI is InChI=1S/C10H15NO3S/c1-6(2)7(3)14-4-8-5-15-9(11-8)10(12)13/h5-7H,4H2,1-3H3,(H,12,13). The van der Waals surface area contributed by atoms with E-state index in [1.165, 1.54) is 0 Å². The Morgan fingerprint density at radius 3 is 2.73 bits per heavy atom. The molecule has 1 unspecified atom stereocenters. The summed E-state index contributed by atoms with van der Waals surface area (Å²) in [4.78, 5) is 14.5. The van der Waals surface area contributed by atoms with E-state index in [-0.39, 0.29) is 11.1 Å². The van der Waals surface area contributed by atoms with E-state index in [9.17, 15) is 4.79 Å². The number of rotatable bonds is 5. The normalized spacial score (nSPS) is 13.1. The van der Waals surface area contributed by atoms with Gasteiger partial charge >= 0.3 is 5.97 Å². The van der Waals surface area contributed by atoms with Crippen molar-refractivity contribution < 1.29 is 14.6 Å². The van der Waals surface area contributed by atoms with Crippen LogP contribution < -0.4 is 0 Å². The summed E-state index contributed by atoms with van der Waals surface area (Å²) in [6.45, 7) is 6.53. The van der Waals surface area contributed by atoms with Crippen molar-refractivity contribution >= 4 is 17.3 Å². The largest absolute Gasteiger partial charge is 0.476 e. The van der Waals surface area contributed by atoms with Gasteiger partial charge in [-0.05, 0) is 12.8 Å². The summed E-state index contributed by atoms with van der Waals surface area (Å²) in [6, 6.07) is 0. The van der Waals surface area contributed by atoms with E-state index < -0.39 is 5.97 Å². The third-order valence-electron chi connectivity index (χ3n) is 2.17. The quantitative estimate of drug-likeness (QED) is 0.842. The van der Waals surface area contributed by atoms with Crippen molar-refractivity contribution in [2.45, 2.75) is 33.5 Å². The Morgan fingerprint density at radius 1 is 1.60 bits per heavy atom. The molecule has 0 aliphatic rings. The average Bonchev–Trinajstić information content (AvgIpc) is 2.62. The molecule has 1 aromatic heterocycles. The highest BCUT2D eigenvalue weighted by atomic mass is 32.1. The number of thiazole rings is 1. The van der Waals surface area contributed by atoms with E-state index in [1.807, 2.05) is 6.92 Å². The van der Waals surface area contributed by atoms with E-state index in [2.05, 4.69) is 18.8 Å². The number of carbonyl (C=O) groups is 1. The Labute approximate surface area is 92.9 Å². The fraction of sp³-hybridized carbons (Fsp3) is 0.600. The second-order valence-corrected chi connectivity index (χ2v) is 4.57. The molecule has 5 heteroatoms. The molecule has 0 aliphatic carbocycles. The topological polar surface area (TPSA) is 59.4 Å². The third kappa shape index (κ3) is 3.60. The molecular formula is C10H15NO3S. The predicted octanol–water partition coefficient (Wildman–Crippen LogP) is 2.40. The van der Waals surface area contributed by atoms with Gasteiger partial charge in [0.2, 0.25) is 5.01 Å². The molecule has 1 heterocycles. The molecule has 0 aliphatic heterocycles. The van der Waals surface area contributed by atoms with Crippen LogP contribution in [0.25, 0.3) is 0 Å². The maximum absolute atomic E-state index is 10.6. The Kier molecular flexibility index (Phi) is 4.23. The molecule has 4 nitrogen and oxygen atoms in total. The first-order valence-electron chi connectivity index (χ1n) is 4.80. The number of hydrogen-bond donors (Lipinski definition) is 1.